The number of hydrogen-bond donors (Lipinski definition) is 3. The van der Waals surface area contributed by atoms with Gasteiger partial charge in [-0.05, 0) is 85.2 Å². The van der Waals surface area contributed by atoms with E-state index in [-0.39, 0.29) is 5.91 Å². The number of nitrogens with zero attached hydrogens (tertiary/aromatic N) is 3. The zero-order chi connectivity index (χ0) is 31.1. The van der Waals surface area contributed by atoms with E-state index < -0.39 is 18.5 Å². The number of hydrogen-bond acceptors (Lipinski definition) is 5. The fourth-order valence-electron chi connectivity index (χ4n) is 5.43. The lowest BCUT2D eigenvalue weighted by atomic mass is 9.93. The minimum Gasteiger partial charge on any atom is -0.493 e. The van der Waals surface area contributed by atoms with E-state index in [0.29, 0.717) is 38.2 Å². The monoisotopic (exact) mass is 595 g/mol. The van der Waals surface area contributed by atoms with Gasteiger partial charge in [-0.25, -0.2) is 4.79 Å². The molecule has 3 aromatic carbocycles. The number of aliphatic carboxylic acids is 1. The van der Waals surface area contributed by atoms with Gasteiger partial charge in [-0.3, -0.25) is 14.3 Å². The summed E-state index contributed by atoms with van der Waals surface area (Å²) in [6, 6.07) is 18.8. The Morgan fingerprint density at radius 1 is 1.05 bits per heavy atom. The molecule has 44 heavy (non-hydrogen) atoms. The second-order valence-corrected chi connectivity index (χ2v) is 10.9. The highest BCUT2D eigenvalue weighted by atomic mass is 16.5. The Bertz CT molecular complexity index is 1660. The number of anilines is 2. The average Bonchev–Trinajstić information content (AvgIpc) is 3.47. The maximum absolute atomic E-state index is 13.3. The molecular formula is C34H37N5O5. The first kappa shape index (κ1) is 30.3. The number of urea groups is 1. The predicted molar refractivity (Wildman–Crippen MR) is 169 cm³/mol. The van der Waals surface area contributed by atoms with Gasteiger partial charge in [0.25, 0.3) is 0 Å². The third-order valence-electron chi connectivity index (χ3n) is 7.77. The predicted octanol–water partition coefficient (Wildman–Crippen LogP) is 5.56. The zero-order valence-corrected chi connectivity index (χ0v) is 25.0. The first-order valence-corrected chi connectivity index (χ1v) is 14.8. The van der Waals surface area contributed by atoms with Crippen LogP contribution in [0.15, 0.2) is 73.1 Å². The lowest BCUT2D eigenvalue weighted by molar-refractivity contribution is -0.135. The summed E-state index contributed by atoms with van der Waals surface area (Å²) in [7, 11) is 0. The van der Waals surface area contributed by atoms with Gasteiger partial charge in [0.05, 0.1) is 19.3 Å². The van der Waals surface area contributed by atoms with E-state index in [1.165, 1.54) is 5.56 Å². The van der Waals surface area contributed by atoms with Crippen molar-refractivity contribution < 1.29 is 24.2 Å². The topological polar surface area (TPSA) is 126 Å². The largest absolute Gasteiger partial charge is 0.493 e. The summed E-state index contributed by atoms with van der Waals surface area (Å²) in [5, 5.41) is 18.2. The molecular weight excluding hydrogens is 558 g/mol. The van der Waals surface area contributed by atoms with Crippen LogP contribution in [0.25, 0.3) is 11.1 Å². The minimum absolute atomic E-state index is 0.105. The summed E-state index contributed by atoms with van der Waals surface area (Å²) in [4.78, 5) is 37.8. The van der Waals surface area contributed by atoms with Gasteiger partial charge >= 0.3 is 12.0 Å². The molecule has 10 heteroatoms. The fraction of sp³-hybridized carbons (Fsp3) is 0.294. The highest BCUT2D eigenvalue weighted by Gasteiger charge is 2.24. The Morgan fingerprint density at radius 2 is 1.86 bits per heavy atom. The normalized spacial score (nSPS) is 12.4. The SMILES string of the molecule is Cc1cccc(OCCCC(=O)N2CCCc3c(-c4cnn(Cc5cccc(NC(=O)NCC(=O)O)c5)c4)cccc32)c1C. The number of ether oxygens (including phenoxy) is 1. The molecule has 0 radical (unpaired) electrons. The second kappa shape index (κ2) is 13.9. The Balaban J connectivity index is 1.22. The van der Waals surface area contributed by atoms with Gasteiger partial charge in [-0.15, -0.1) is 0 Å². The van der Waals surface area contributed by atoms with Crippen molar-refractivity contribution in [2.45, 2.75) is 46.1 Å². The van der Waals surface area contributed by atoms with Crippen molar-refractivity contribution in [3.05, 3.63) is 95.3 Å². The van der Waals surface area contributed by atoms with Crippen molar-refractivity contribution >= 4 is 29.3 Å². The van der Waals surface area contributed by atoms with Gasteiger partial charge in [0.15, 0.2) is 0 Å². The van der Waals surface area contributed by atoms with Crippen molar-refractivity contribution in [3.8, 4) is 16.9 Å². The number of rotatable bonds is 11. The van der Waals surface area contributed by atoms with Crippen LogP contribution in [0.1, 0.15) is 41.5 Å². The number of carbonyl (C=O) groups is 3. The van der Waals surface area contributed by atoms with E-state index >= 15 is 0 Å². The number of fused-ring (bicyclic) bond motifs is 1. The van der Waals surface area contributed by atoms with Crippen molar-refractivity contribution in [3.63, 3.8) is 0 Å². The van der Waals surface area contributed by atoms with Crippen LogP contribution in [0.5, 0.6) is 5.75 Å². The van der Waals surface area contributed by atoms with Gasteiger partial charge in [0.1, 0.15) is 12.3 Å². The molecule has 1 aliphatic heterocycles. The molecule has 5 rings (SSSR count). The molecule has 0 spiro atoms. The second-order valence-electron chi connectivity index (χ2n) is 10.9. The number of amides is 3. The molecule has 1 aliphatic rings. The first-order chi connectivity index (χ1) is 21.3. The Labute approximate surface area is 256 Å². The number of carboxylic acid groups (broad SMARTS) is 1. The summed E-state index contributed by atoms with van der Waals surface area (Å²) in [5.41, 5.74) is 7.94. The van der Waals surface area contributed by atoms with Crippen molar-refractivity contribution in [2.75, 3.05) is 29.9 Å². The Hall–Kier alpha value is -5.12. The molecule has 4 aromatic rings. The molecule has 0 unspecified atom stereocenters. The van der Waals surface area contributed by atoms with Crippen LogP contribution in [0.3, 0.4) is 0 Å². The van der Waals surface area contributed by atoms with Gasteiger partial charge in [-0.1, -0.05) is 36.4 Å². The third-order valence-corrected chi connectivity index (χ3v) is 7.77. The number of aromatic nitrogens is 2. The summed E-state index contributed by atoms with van der Waals surface area (Å²) >= 11 is 0. The van der Waals surface area contributed by atoms with E-state index in [9.17, 15) is 14.4 Å². The summed E-state index contributed by atoms with van der Waals surface area (Å²) in [5.74, 6) is -0.138. The molecule has 3 N–H and O–H groups in total. The molecule has 2 heterocycles. The highest BCUT2D eigenvalue weighted by molar-refractivity contribution is 5.96. The van der Waals surface area contributed by atoms with Crippen LogP contribution in [-0.4, -0.2) is 52.5 Å². The van der Waals surface area contributed by atoms with Crippen LogP contribution in [0, 0.1) is 13.8 Å². The van der Waals surface area contributed by atoms with Gasteiger partial charge in [-0.2, -0.15) is 5.10 Å². The number of aryl methyl sites for hydroxylation is 1. The van der Waals surface area contributed by atoms with Crippen LogP contribution in [-0.2, 0) is 22.6 Å². The number of carbonyl (C=O) groups excluding carboxylic acids is 2. The molecule has 0 bridgehead atoms. The van der Waals surface area contributed by atoms with Gasteiger partial charge in [0.2, 0.25) is 5.91 Å². The molecule has 0 fully saturated rings. The molecule has 0 atom stereocenters. The van der Waals surface area contributed by atoms with E-state index in [1.54, 1.807) is 6.07 Å². The maximum atomic E-state index is 13.3. The average molecular weight is 596 g/mol. The molecule has 10 nitrogen and oxygen atoms in total. The van der Waals surface area contributed by atoms with E-state index in [0.717, 1.165) is 52.1 Å². The Kier molecular flexibility index (Phi) is 9.59. The van der Waals surface area contributed by atoms with E-state index in [1.807, 2.05) is 71.4 Å². The zero-order valence-electron chi connectivity index (χ0n) is 25.0. The molecule has 3 amide bonds. The molecule has 0 saturated carbocycles. The molecule has 0 saturated heterocycles. The summed E-state index contributed by atoms with van der Waals surface area (Å²) < 4.78 is 7.80. The Morgan fingerprint density at radius 3 is 2.70 bits per heavy atom. The highest BCUT2D eigenvalue weighted by Crippen LogP contribution is 2.36. The molecule has 0 aliphatic carbocycles. The molecule has 1 aromatic heterocycles. The van der Waals surface area contributed by atoms with Crippen molar-refractivity contribution in [1.82, 2.24) is 15.1 Å². The van der Waals surface area contributed by atoms with Crippen molar-refractivity contribution in [1.29, 1.82) is 0 Å². The standard InChI is InChI=1S/C34H37N5O5/c1-23-8-3-14-31(24(23)2)44-17-7-15-32(40)39-16-6-12-29-28(11-5-13-30(29)39)26-19-36-38(22-26)21-25-9-4-10-27(18-25)37-34(43)35-20-33(41)42/h3-5,8-11,13-14,18-19,22H,6-7,12,15-17,20-21H2,1-2H3,(H,41,42)(H2,35,37,43). The van der Waals surface area contributed by atoms with Crippen LogP contribution >= 0.6 is 0 Å². The fourth-order valence-corrected chi connectivity index (χ4v) is 5.43. The van der Waals surface area contributed by atoms with Gasteiger partial charge in [0, 0.05) is 36.1 Å². The van der Waals surface area contributed by atoms with E-state index in [4.69, 9.17) is 9.84 Å². The third kappa shape index (κ3) is 7.44. The van der Waals surface area contributed by atoms with Crippen LogP contribution < -0.4 is 20.3 Å². The summed E-state index contributed by atoms with van der Waals surface area (Å²) in [6.45, 7) is 5.33. The first-order valence-electron chi connectivity index (χ1n) is 14.8. The number of benzene rings is 3. The smallest absolute Gasteiger partial charge is 0.323 e. The quantitative estimate of drug-likeness (QED) is 0.195. The maximum Gasteiger partial charge on any atom is 0.323 e. The molecule has 228 valence electrons. The lowest BCUT2D eigenvalue weighted by Gasteiger charge is -2.31. The lowest BCUT2D eigenvalue weighted by Crippen LogP contribution is -2.35. The van der Waals surface area contributed by atoms with Crippen LogP contribution in [0.2, 0.25) is 0 Å². The number of carboxylic acids is 1. The minimum atomic E-state index is -1.11. The number of nitrogens with one attached hydrogen (secondary N) is 2. The van der Waals surface area contributed by atoms with Gasteiger partial charge < -0.3 is 25.4 Å². The summed E-state index contributed by atoms with van der Waals surface area (Å²) in [6.07, 6.45) is 6.66. The van der Waals surface area contributed by atoms with Crippen LogP contribution in [0.4, 0.5) is 16.2 Å². The van der Waals surface area contributed by atoms with Crippen molar-refractivity contribution in [2.24, 2.45) is 0 Å². The van der Waals surface area contributed by atoms with E-state index in [2.05, 4.69) is 34.8 Å².